The summed E-state index contributed by atoms with van der Waals surface area (Å²) in [5.41, 5.74) is 1.90. The van der Waals surface area contributed by atoms with Crippen molar-refractivity contribution in [2.75, 3.05) is 5.32 Å². The van der Waals surface area contributed by atoms with Gasteiger partial charge in [0, 0.05) is 33.3 Å². The Balaban J connectivity index is 2.07. The van der Waals surface area contributed by atoms with Gasteiger partial charge in [-0.05, 0) is 55.6 Å². The second-order valence-electron chi connectivity index (χ2n) is 3.91. The molecule has 0 aliphatic heterocycles. The number of hydrogen-bond donors (Lipinski definition) is 1. The number of benzene rings is 2. The van der Waals surface area contributed by atoms with E-state index >= 15 is 0 Å². The Morgan fingerprint density at radius 3 is 2.58 bits per heavy atom. The first kappa shape index (κ1) is 14.0. The van der Waals surface area contributed by atoms with Gasteiger partial charge in [-0.1, -0.05) is 12.1 Å². The maximum atomic E-state index is 10.7. The molecular formula is C13H10Br2N2O2. The highest BCUT2D eigenvalue weighted by Crippen LogP contribution is 2.24. The molecule has 2 aromatic rings. The molecule has 0 aliphatic rings. The maximum Gasteiger partial charge on any atom is 0.271 e. The Kier molecular flexibility index (Phi) is 4.55. The van der Waals surface area contributed by atoms with Crippen LogP contribution in [0.4, 0.5) is 11.4 Å². The summed E-state index contributed by atoms with van der Waals surface area (Å²) in [6.45, 7) is 0.604. The Hall–Kier alpha value is -1.40. The molecule has 0 bridgehead atoms. The molecule has 0 aromatic heterocycles. The third kappa shape index (κ3) is 3.78. The van der Waals surface area contributed by atoms with E-state index in [2.05, 4.69) is 37.2 Å². The van der Waals surface area contributed by atoms with Gasteiger partial charge >= 0.3 is 0 Å². The molecular weight excluding hydrogens is 376 g/mol. The largest absolute Gasteiger partial charge is 0.381 e. The molecule has 0 unspecified atom stereocenters. The molecule has 2 rings (SSSR count). The van der Waals surface area contributed by atoms with E-state index in [4.69, 9.17) is 0 Å². The van der Waals surface area contributed by atoms with E-state index in [1.807, 2.05) is 18.2 Å². The number of nitrogens with zero attached hydrogens (tertiary/aromatic N) is 1. The van der Waals surface area contributed by atoms with Gasteiger partial charge in [0.1, 0.15) is 0 Å². The van der Waals surface area contributed by atoms with Crippen LogP contribution in [0, 0.1) is 10.1 Å². The Bertz CT molecular complexity index is 617. The molecule has 19 heavy (non-hydrogen) atoms. The number of nitro benzene ring substituents is 1. The van der Waals surface area contributed by atoms with Gasteiger partial charge in [-0.25, -0.2) is 0 Å². The molecule has 0 aliphatic carbocycles. The summed E-state index contributed by atoms with van der Waals surface area (Å²) in [7, 11) is 0. The Labute approximate surface area is 127 Å². The maximum absolute atomic E-state index is 10.7. The van der Waals surface area contributed by atoms with E-state index in [0.29, 0.717) is 6.54 Å². The van der Waals surface area contributed by atoms with Gasteiger partial charge in [0.2, 0.25) is 0 Å². The van der Waals surface area contributed by atoms with Gasteiger partial charge in [0.15, 0.2) is 0 Å². The van der Waals surface area contributed by atoms with Crippen LogP contribution in [0.15, 0.2) is 51.4 Å². The van der Waals surface area contributed by atoms with Crippen LogP contribution < -0.4 is 5.32 Å². The van der Waals surface area contributed by atoms with Crippen LogP contribution in [-0.4, -0.2) is 4.92 Å². The van der Waals surface area contributed by atoms with Crippen molar-refractivity contribution in [3.05, 3.63) is 67.1 Å². The predicted octanol–water partition coefficient (Wildman–Crippen LogP) is 4.73. The fourth-order valence-electron chi connectivity index (χ4n) is 1.58. The van der Waals surface area contributed by atoms with E-state index in [1.165, 1.54) is 12.1 Å². The fraction of sp³-hybridized carbons (Fsp3) is 0.0769. The van der Waals surface area contributed by atoms with Crippen LogP contribution in [0.1, 0.15) is 5.56 Å². The SMILES string of the molecule is O=[N+]([O-])c1cccc(NCc2ccc(Br)c(Br)c2)c1. The van der Waals surface area contributed by atoms with Gasteiger partial charge in [0.25, 0.3) is 5.69 Å². The Morgan fingerprint density at radius 1 is 1.11 bits per heavy atom. The van der Waals surface area contributed by atoms with Crippen LogP contribution in [0.3, 0.4) is 0 Å². The minimum Gasteiger partial charge on any atom is -0.381 e. The van der Waals surface area contributed by atoms with Crippen molar-refractivity contribution in [1.29, 1.82) is 0 Å². The van der Waals surface area contributed by atoms with Gasteiger partial charge in [-0.3, -0.25) is 10.1 Å². The highest BCUT2D eigenvalue weighted by Gasteiger charge is 2.05. The van der Waals surface area contributed by atoms with Crippen molar-refractivity contribution >= 4 is 43.2 Å². The average Bonchev–Trinajstić information content (AvgIpc) is 2.40. The van der Waals surface area contributed by atoms with Crippen molar-refractivity contribution in [1.82, 2.24) is 0 Å². The normalized spacial score (nSPS) is 10.2. The summed E-state index contributed by atoms with van der Waals surface area (Å²) in [4.78, 5) is 10.3. The highest BCUT2D eigenvalue weighted by molar-refractivity contribution is 9.13. The van der Waals surface area contributed by atoms with Crippen LogP contribution >= 0.6 is 31.9 Å². The summed E-state index contributed by atoms with van der Waals surface area (Å²) in [6.07, 6.45) is 0. The van der Waals surface area contributed by atoms with Crippen LogP contribution in [-0.2, 0) is 6.54 Å². The Morgan fingerprint density at radius 2 is 1.89 bits per heavy atom. The fourth-order valence-corrected chi connectivity index (χ4v) is 2.26. The van der Waals surface area contributed by atoms with Gasteiger partial charge in [0.05, 0.1) is 4.92 Å². The summed E-state index contributed by atoms with van der Waals surface area (Å²) < 4.78 is 1.97. The van der Waals surface area contributed by atoms with Gasteiger partial charge < -0.3 is 5.32 Å². The molecule has 0 saturated carbocycles. The zero-order chi connectivity index (χ0) is 13.8. The average molecular weight is 386 g/mol. The molecule has 1 N–H and O–H groups in total. The lowest BCUT2D eigenvalue weighted by atomic mass is 10.2. The number of anilines is 1. The van der Waals surface area contributed by atoms with E-state index in [0.717, 1.165) is 20.2 Å². The van der Waals surface area contributed by atoms with Crippen molar-refractivity contribution in [3.63, 3.8) is 0 Å². The van der Waals surface area contributed by atoms with E-state index in [9.17, 15) is 10.1 Å². The first-order valence-corrected chi connectivity index (χ1v) is 7.07. The van der Waals surface area contributed by atoms with Crippen molar-refractivity contribution in [3.8, 4) is 0 Å². The van der Waals surface area contributed by atoms with Crippen molar-refractivity contribution < 1.29 is 4.92 Å². The lowest BCUT2D eigenvalue weighted by Crippen LogP contribution is -2.00. The highest BCUT2D eigenvalue weighted by atomic mass is 79.9. The zero-order valence-electron chi connectivity index (χ0n) is 9.77. The molecule has 6 heteroatoms. The standard InChI is InChI=1S/C13H10Br2N2O2/c14-12-5-4-9(6-13(12)15)8-16-10-2-1-3-11(7-10)17(18)19/h1-7,16H,8H2. The molecule has 0 saturated heterocycles. The minimum absolute atomic E-state index is 0.0852. The summed E-state index contributed by atoms with van der Waals surface area (Å²) in [5.74, 6) is 0. The predicted molar refractivity (Wildman–Crippen MR) is 82.3 cm³/mol. The number of nitro groups is 1. The minimum atomic E-state index is -0.401. The molecule has 0 amide bonds. The van der Waals surface area contributed by atoms with Crippen LogP contribution in [0.2, 0.25) is 0 Å². The molecule has 4 nitrogen and oxygen atoms in total. The molecule has 0 fully saturated rings. The van der Waals surface area contributed by atoms with Gasteiger partial charge in [-0.15, -0.1) is 0 Å². The lowest BCUT2D eigenvalue weighted by molar-refractivity contribution is -0.384. The smallest absolute Gasteiger partial charge is 0.271 e. The number of halogens is 2. The topological polar surface area (TPSA) is 55.2 Å². The van der Waals surface area contributed by atoms with Gasteiger partial charge in [-0.2, -0.15) is 0 Å². The molecule has 0 radical (unpaired) electrons. The molecule has 0 atom stereocenters. The number of hydrogen-bond acceptors (Lipinski definition) is 3. The van der Waals surface area contributed by atoms with Crippen LogP contribution in [0.25, 0.3) is 0 Å². The summed E-state index contributed by atoms with van der Waals surface area (Å²) in [5, 5.41) is 13.8. The third-order valence-corrected chi connectivity index (χ3v) is 4.42. The van der Waals surface area contributed by atoms with Crippen LogP contribution in [0.5, 0.6) is 0 Å². The summed E-state index contributed by atoms with van der Waals surface area (Å²) >= 11 is 6.85. The quantitative estimate of drug-likeness (QED) is 0.611. The second kappa shape index (κ2) is 6.16. The molecule has 98 valence electrons. The number of rotatable bonds is 4. The number of nitrogens with one attached hydrogen (secondary N) is 1. The van der Waals surface area contributed by atoms with Crippen molar-refractivity contribution in [2.24, 2.45) is 0 Å². The lowest BCUT2D eigenvalue weighted by Gasteiger charge is -2.07. The molecule has 0 heterocycles. The first-order chi connectivity index (χ1) is 9.06. The number of non-ortho nitro benzene ring substituents is 1. The molecule has 0 spiro atoms. The monoisotopic (exact) mass is 384 g/mol. The summed E-state index contributed by atoms with van der Waals surface area (Å²) in [6, 6.07) is 12.4. The van der Waals surface area contributed by atoms with Crippen molar-refractivity contribution in [2.45, 2.75) is 6.54 Å². The van der Waals surface area contributed by atoms with E-state index in [1.54, 1.807) is 12.1 Å². The van der Waals surface area contributed by atoms with E-state index in [-0.39, 0.29) is 5.69 Å². The first-order valence-electron chi connectivity index (χ1n) is 5.48. The molecule has 2 aromatic carbocycles. The van der Waals surface area contributed by atoms with E-state index < -0.39 is 4.92 Å². The third-order valence-electron chi connectivity index (χ3n) is 2.54. The zero-order valence-corrected chi connectivity index (χ0v) is 12.9. The second-order valence-corrected chi connectivity index (χ2v) is 5.62.